The van der Waals surface area contributed by atoms with Gasteiger partial charge in [0.2, 0.25) is 0 Å². The van der Waals surface area contributed by atoms with E-state index in [1.54, 1.807) is 0 Å². The first-order valence-corrected chi connectivity index (χ1v) is 12.4. The Bertz CT molecular complexity index is 355. The molecular weight excluding hydrogens is 452 g/mol. The number of hydrogen-bond donors (Lipinski definition) is 0. The van der Waals surface area contributed by atoms with Gasteiger partial charge in [-0.15, -0.1) is 12.1 Å². The fourth-order valence-electron chi connectivity index (χ4n) is 3.74. The van der Waals surface area contributed by atoms with E-state index in [9.17, 15) is 4.39 Å². The minimum absolute atomic E-state index is 0.209. The van der Waals surface area contributed by atoms with E-state index in [1.165, 1.54) is 24.3 Å². The minimum atomic E-state index is -0.391. The summed E-state index contributed by atoms with van der Waals surface area (Å²) in [5.41, 5.74) is 0. The summed E-state index contributed by atoms with van der Waals surface area (Å²) in [7, 11) is -0.391. The molecule has 0 aliphatic rings. The van der Waals surface area contributed by atoms with Crippen LogP contribution in [-0.4, -0.2) is 15.5 Å². The van der Waals surface area contributed by atoms with Crippen LogP contribution in [0.3, 0.4) is 0 Å². The summed E-state index contributed by atoms with van der Waals surface area (Å²) in [5, 5.41) is 1.46. The molecule has 0 nitrogen and oxygen atoms in total. The first-order chi connectivity index (χ1) is 9.76. The molecule has 1 aromatic carbocycles. The van der Waals surface area contributed by atoms with Gasteiger partial charge in [-0.25, -0.2) is 4.39 Å². The zero-order valence-corrected chi connectivity index (χ0v) is 19.5. The molecule has 132 valence electrons. The summed E-state index contributed by atoms with van der Waals surface area (Å²) in [6.07, 6.45) is 0. The van der Waals surface area contributed by atoms with Gasteiger partial charge in [-0.05, 0) is 62.3 Å². The van der Waals surface area contributed by atoms with E-state index in [4.69, 9.17) is 0 Å². The Morgan fingerprint density at radius 1 is 0.818 bits per heavy atom. The number of hydrogen-bond acceptors (Lipinski definition) is 0. The molecule has 0 saturated heterocycles. The van der Waals surface area contributed by atoms with Gasteiger partial charge in [0.15, 0.2) is 0 Å². The third-order valence-corrected chi connectivity index (χ3v) is 7.43. The van der Waals surface area contributed by atoms with Crippen LogP contribution >= 0.6 is 21.4 Å². The molecule has 0 bridgehead atoms. The van der Waals surface area contributed by atoms with Gasteiger partial charge in [-0.1, -0.05) is 0 Å². The second kappa shape index (κ2) is 10.6. The standard InChI is InChI=1S/C12H27P.C6H4F.BrH.Pd/c1-10(2,3)13(11(4,5)6)12(7,8)9;7-6-4-2-1-3-5-6;;/h1-9H3;2-5H;1H;/q;-1;;+2. The number of benzene rings is 1. The van der Waals surface area contributed by atoms with Gasteiger partial charge in [0, 0.05) is 13.7 Å². The van der Waals surface area contributed by atoms with E-state index < -0.39 is 7.92 Å². The van der Waals surface area contributed by atoms with Crippen molar-refractivity contribution in [1.82, 2.24) is 0 Å². The number of rotatable bonds is 0. The Kier molecular flexibility index (Phi) is 12.0. The predicted octanol–water partition coefficient (Wildman–Crippen LogP) is 7.07. The molecule has 0 fully saturated rings. The molecule has 4 heteroatoms. The SMILES string of the molecule is CC(C)(C)[PH+](C(C)(C)C)C(C)(C)C.Fc1cc[c-]cc1.[Br][Pd+]. The molecule has 22 heavy (non-hydrogen) atoms. The van der Waals surface area contributed by atoms with E-state index in [1.807, 2.05) is 0 Å². The average molecular weight is 485 g/mol. The molecular formula is C18H32BrFPPd+. The molecule has 0 saturated carbocycles. The van der Waals surface area contributed by atoms with Gasteiger partial charge in [-0.2, -0.15) is 18.2 Å². The van der Waals surface area contributed by atoms with Crippen LogP contribution in [-0.2, 0) is 17.2 Å². The molecule has 0 unspecified atom stereocenters. The Morgan fingerprint density at radius 2 is 1.09 bits per heavy atom. The van der Waals surface area contributed by atoms with Crippen molar-refractivity contribution in [3.63, 3.8) is 0 Å². The third-order valence-electron chi connectivity index (χ3n) is 2.93. The molecule has 0 amide bonds. The van der Waals surface area contributed by atoms with Gasteiger partial charge in [0.05, 0.1) is 15.5 Å². The van der Waals surface area contributed by atoms with Crippen LogP contribution in [0.5, 0.6) is 0 Å². The second-order valence-corrected chi connectivity index (χ2v) is 13.6. The quantitative estimate of drug-likeness (QED) is 0.210. The molecule has 1 aromatic rings. The normalized spacial score (nSPS) is 12.1. The van der Waals surface area contributed by atoms with Crippen molar-refractivity contribution >= 4 is 21.4 Å². The molecule has 0 atom stereocenters. The maximum absolute atomic E-state index is 11.9. The topological polar surface area (TPSA) is 0 Å². The van der Waals surface area contributed by atoms with Gasteiger partial charge in [-0.3, -0.25) is 0 Å². The van der Waals surface area contributed by atoms with Crippen molar-refractivity contribution in [2.45, 2.75) is 77.8 Å². The van der Waals surface area contributed by atoms with Crippen LogP contribution in [0.1, 0.15) is 62.3 Å². The summed E-state index contributed by atoms with van der Waals surface area (Å²) in [4.78, 5) is 0. The van der Waals surface area contributed by atoms with Gasteiger partial charge < -0.3 is 0 Å². The summed E-state index contributed by atoms with van der Waals surface area (Å²) in [5.74, 6) is -0.209. The molecule has 0 aromatic heterocycles. The summed E-state index contributed by atoms with van der Waals surface area (Å²) in [6.45, 7) is 21.6. The maximum atomic E-state index is 11.9. The first-order valence-electron chi connectivity index (χ1n) is 7.38. The second-order valence-electron chi connectivity index (χ2n) is 8.34. The van der Waals surface area contributed by atoms with Crippen LogP contribution in [0.2, 0.25) is 0 Å². The van der Waals surface area contributed by atoms with E-state index in [2.05, 4.69) is 99.0 Å². The molecule has 0 radical (unpaired) electrons. The zero-order chi connectivity index (χ0) is 18.2. The average Bonchev–Trinajstić information content (AvgIpc) is 2.27. The van der Waals surface area contributed by atoms with Gasteiger partial charge in [0.1, 0.15) is 0 Å². The van der Waals surface area contributed by atoms with E-state index in [0.717, 1.165) is 0 Å². The predicted molar refractivity (Wildman–Crippen MR) is 102 cm³/mol. The Morgan fingerprint density at radius 3 is 1.18 bits per heavy atom. The molecule has 0 aliphatic carbocycles. The van der Waals surface area contributed by atoms with Crippen molar-refractivity contribution < 1.29 is 21.6 Å². The van der Waals surface area contributed by atoms with E-state index in [-0.39, 0.29) is 5.82 Å². The fourth-order valence-corrected chi connectivity index (χ4v) is 10.5. The van der Waals surface area contributed by atoms with Crippen molar-refractivity contribution in [3.05, 3.63) is 36.1 Å². The van der Waals surface area contributed by atoms with Crippen molar-refractivity contribution in [3.8, 4) is 0 Å². The van der Waals surface area contributed by atoms with E-state index >= 15 is 0 Å². The summed E-state index contributed by atoms with van der Waals surface area (Å²) < 4.78 is 11.9. The van der Waals surface area contributed by atoms with Crippen molar-refractivity contribution in [1.29, 1.82) is 0 Å². The zero-order valence-electron chi connectivity index (χ0n) is 15.4. The molecule has 0 heterocycles. The third kappa shape index (κ3) is 11.3. The number of halogens is 2. The van der Waals surface area contributed by atoms with Gasteiger partial charge in [0.25, 0.3) is 0 Å². The fraction of sp³-hybridized carbons (Fsp3) is 0.667. The van der Waals surface area contributed by atoms with E-state index in [0.29, 0.717) is 15.5 Å². The van der Waals surface area contributed by atoms with Crippen LogP contribution in [0.25, 0.3) is 0 Å². The van der Waals surface area contributed by atoms with Crippen LogP contribution in [0.4, 0.5) is 4.39 Å². The van der Waals surface area contributed by atoms with Crippen LogP contribution in [0, 0.1) is 11.9 Å². The molecule has 0 N–H and O–H groups in total. The Labute approximate surface area is 156 Å². The van der Waals surface area contributed by atoms with Crippen LogP contribution in [0.15, 0.2) is 24.3 Å². The van der Waals surface area contributed by atoms with Crippen molar-refractivity contribution in [2.24, 2.45) is 0 Å². The van der Waals surface area contributed by atoms with Crippen molar-refractivity contribution in [2.75, 3.05) is 0 Å². The molecule has 0 spiro atoms. The van der Waals surface area contributed by atoms with Crippen LogP contribution < -0.4 is 0 Å². The molecule has 0 aliphatic heterocycles. The Balaban J connectivity index is 0. The monoisotopic (exact) mass is 483 g/mol. The molecule has 1 rings (SSSR count). The first kappa shape index (κ1) is 25.0. The summed E-state index contributed by atoms with van der Waals surface area (Å²) in [6, 6.07) is 8.49. The summed E-state index contributed by atoms with van der Waals surface area (Å²) >= 11 is 5.35. The Hall–Kier alpha value is 0.722. The van der Waals surface area contributed by atoms with Gasteiger partial charge >= 0.3 is 30.6 Å².